The summed E-state index contributed by atoms with van der Waals surface area (Å²) in [6.45, 7) is 5.73. The summed E-state index contributed by atoms with van der Waals surface area (Å²) in [5.74, 6) is 0.317. The van der Waals surface area contributed by atoms with Gasteiger partial charge in [-0.1, -0.05) is 41.6 Å². The van der Waals surface area contributed by atoms with Gasteiger partial charge in [-0.2, -0.15) is 0 Å². The van der Waals surface area contributed by atoms with E-state index < -0.39 is 5.25 Å². The third kappa shape index (κ3) is 4.51. The predicted octanol–water partition coefficient (Wildman–Crippen LogP) is 4.52. The minimum atomic E-state index is -0.481. The second-order valence-corrected chi connectivity index (χ2v) is 8.67. The van der Waals surface area contributed by atoms with Crippen LogP contribution >= 0.6 is 11.8 Å². The Labute approximate surface area is 184 Å². The first kappa shape index (κ1) is 20.8. The van der Waals surface area contributed by atoms with Crippen molar-refractivity contribution in [2.24, 2.45) is 0 Å². The maximum Gasteiger partial charge on any atom is 0.267 e. The molecule has 1 unspecified atom stereocenters. The van der Waals surface area contributed by atoms with Crippen molar-refractivity contribution in [3.63, 3.8) is 0 Å². The van der Waals surface area contributed by atoms with Crippen LogP contribution < -0.4 is 10.9 Å². The van der Waals surface area contributed by atoms with Crippen LogP contribution in [0.3, 0.4) is 0 Å². The Hall–Kier alpha value is -3.45. The fraction of sp³-hybridized carbons (Fsp3) is 0.167. The van der Waals surface area contributed by atoms with Gasteiger partial charge in [0.15, 0.2) is 5.16 Å². The standard InChI is InChI=1S/C24H22N4O2S/c1-15-8-10-18(11-9-15)26-22(29)17(3)31-24-27-20-7-5-4-6-19(20)23(30)28(24)21-14-16(2)12-13-25-21/h4-14,17H,1-3H3,(H,26,29). The van der Waals surface area contributed by atoms with Gasteiger partial charge in [-0.3, -0.25) is 9.59 Å². The highest BCUT2D eigenvalue weighted by molar-refractivity contribution is 8.00. The summed E-state index contributed by atoms with van der Waals surface area (Å²) in [5, 5.41) is 3.37. The van der Waals surface area contributed by atoms with Crippen LogP contribution in [0.15, 0.2) is 76.8 Å². The van der Waals surface area contributed by atoms with Crippen LogP contribution in [0.1, 0.15) is 18.1 Å². The van der Waals surface area contributed by atoms with Crippen LogP contribution in [-0.2, 0) is 4.79 Å². The first-order valence-electron chi connectivity index (χ1n) is 9.91. The first-order valence-corrected chi connectivity index (χ1v) is 10.8. The molecule has 0 fully saturated rings. The molecule has 0 radical (unpaired) electrons. The number of aryl methyl sites for hydroxylation is 2. The quantitative estimate of drug-likeness (QED) is 0.372. The van der Waals surface area contributed by atoms with Crippen molar-refractivity contribution >= 4 is 34.3 Å². The molecule has 4 rings (SSSR count). The van der Waals surface area contributed by atoms with Crippen LogP contribution in [-0.4, -0.2) is 25.7 Å². The molecule has 1 N–H and O–H groups in total. The summed E-state index contributed by atoms with van der Waals surface area (Å²) in [7, 11) is 0. The molecule has 2 aromatic carbocycles. The minimum Gasteiger partial charge on any atom is -0.325 e. The second-order valence-electron chi connectivity index (χ2n) is 7.36. The van der Waals surface area contributed by atoms with Crippen LogP contribution in [0.5, 0.6) is 0 Å². The third-order valence-electron chi connectivity index (χ3n) is 4.85. The predicted molar refractivity (Wildman–Crippen MR) is 125 cm³/mol. The minimum absolute atomic E-state index is 0.167. The second kappa shape index (κ2) is 8.73. The van der Waals surface area contributed by atoms with E-state index >= 15 is 0 Å². The number of pyridine rings is 1. The molecule has 0 aliphatic carbocycles. The molecule has 0 spiro atoms. The Morgan fingerprint density at radius 3 is 2.52 bits per heavy atom. The highest BCUT2D eigenvalue weighted by Crippen LogP contribution is 2.25. The van der Waals surface area contributed by atoms with Crippen molar-refractivity contribution in [3.8, 4) is 5.82 Å². The van der Waals surface area contributed by atoms with Gasteiger partial charge in [-0.05, 0) is 62.7 Å². The Bertz CT molecular complexity index is 1320. The van der Waals surface area contributed by atoms with Crippen molar-refractivity contribution in [1.82, 2.24) is 14.5 Å². The van der Waals surface area contributed by atoms with Crippen molar-refractivity contribution in [2.75, 3.05) is 5.32 Å². The van der Waals surface area contributed by atoms with Gasteiger partial charge in [-0.15, -0.1) is 0 Å². The molecular formula is C24H22N4O2S. The van der Waals surface area contributed by atoms with Crippen molar-refractivity contribution in [2.45, 2.75) is 31.2 Å². The number of aromatic nitrogens is 3. The van der Waals surface area contributed by atoms with E-state index in [0.29, 0.717) is 21.9 Å². The number of hydrogen-bond donors (Lipinski definition) is 1. The number of anilines is 1. The first-order chi connectivity index (χ1) is 14.9. The molecule has 1 atom stereocenters. The van der Waals surface area contributed by atoms with Crippen LogP contribution in [0.25, 0.3) is 16.7 Å². The number of para-hydroxylation sites is 1. The molecule has 6 nitrogen and oxygen atoms in total. The van der Waals surface area contributed by atoms with Crippen LogP contribution in [0, 0.1) is 13.8 Å². The monoisotopic (exact) mass is 430 g/mol. The number of carbonyl (C=O) groups excluding carboxylic acids is 1. The Morgan fingerprint density at radius 1 is 1.03 bits per heavy atom. The molecule has 4 aromatic rings. The zero-order chi connectivity index (χ0) is 22.0. The number of thioether (sulfide) groups is 1. The molecule has 156 valence electrons. The molecule has 0 aliphatic rings. The van der Waals surface area contributed by atoms with E-state index in [9.17, 15) is 9.59 Å². The number of nitrogens with one attached hydrogen (secondary N) is 1. The van der Waals surface area contributed by atoms with Gasteiger partial charge >= 0.3 is 0 Å². The summed E-state index contributed by atoms with van der Waals surface area (Å²) >= 11 is 1.23. The molecule has 0 bridgehead atoms. The summed E-state index contributed by atoms with van der Waals surface area (Å²) in [6, 6.07) is 18.5. The van der Waals surface area contributed by atoms with E-state index in [-0.39, 0.29) is 11.5 Å². The Morgan fingerprint density at radius 2 is 1.77 bits per heavy atom. The lowest BCUT2D eigenvalue weighted by atomic mass is 10.2. The topological polar surface area (TPSA) is 76.9 Å². The molecule has 0 saturated carbocycles. The maximum atomic E-state index is 13.3. The third-order valence-corrected chi connectivity index (χ3v) is 5.90. The summed E-state index contributed by atoms with van der Waals surface area (Å²) in [4.78, 5) is 35.2. The van der Waals surface area contributed by atoms with E-state index in [0.717, 1.165) is 16.8 Å². The molecular weight excluding hydrogens is 408 g/mol. The summed E-state index contributed by atoms with van der Waals surface area (Å²) in [6.07, 6.45) is 1.66. The number of nitrogens with zero attached hydrogens (tertiary/aromatic N) is 3. The van der Waals surface area contributed by atoms with Crippen molar-refractivity contribution in [3.05, 3.63) is 88.3 Å². The molecule has 1 amide bonds. The van der Waals surface area contributed by atoms with Crippen LogP contribution in [0.2, 0.25) is 0 Å². The lowest BCUT2D eigenvalue weighted by Crippen LogP contribution is -2.26. The SMILES string of the molecule is Cc1ccc(NC(=O)C(C)Sc2nc3ccccc3c(=O)n2-c2cc(C)ccn2)cc1. The number of hydrogen-bond acceptors (Lipinski definition) is 5. The molecule has 2 aromatic heterocycles. The largest absolute Gasteiger partial charge is 0.325 e. The summed E-state index contributed by atoms with van der Waals surface area (Å²) < 4.78 is 1.48. The number of rotatable bonds is 5. The fourth-order valence-electron chi connectivity index (χ4n) is 3.13. The van der Waals surface area contributed by atoms with Crippen LogP contribution in [0.4, 0.5) is 5.69 Å². The number of fused-ring (bicyclic) bond motifs is 1. The average molecular weight is 431 g/mol. The normalized spacial score (nSPS) is 12.0. The lowest BCUT2D eigenvalue weighted by Gasteiger charge is -2.16. The van der Waals surface area contributed by atoms with Gasteiger partial charge in [0.2, 0.25) is 5.91 Å². The van der Waals surface area contributed by atoms with Gasteiger partial charge in [0, 0.05) is 11.9 Å². The lowest BCUT2D eigenvalue weighted by molar-refractivity contribution is -0.115. The van der Waals surface area contributed by atoms with Gasteiger partial charge in [0.1, 0.15) is 5.82 Å². The summed E-state index contributed by atoms with van der Waals surface area (Å²) in [5.41, 5.74) is 3.20. The molecule has 0 saturated heterocycles. The number of amides is 1. The van der Waals surface area contributed by atoms with Crippen molar-refractivity contribution < 1.29 is 4.79 Å². The fourth-order valence-corrected chi connectivity index (χ4v) is 4.04. The van der Waals surface area contributed by atoms with Gasteiger partial charge in [0.05, 0.1) is 16.2 Å². The number of carbonyl (C=O) groups is 1. The van der Waals surface area contributed by atoms with Gasteiger partial charge < -0.3 is 5.32 Å². The van der Waals surface area contributed by atoms with E-state index in [1.165, 1.54) is 16.3 Å². The van der Waals surface area contributed by atoms with Gasteiger partial charge in [-0.25, -0.2) is 14.5 Å². The Balaban J connectivity index is 1.72. The van der Waals surface area contributed by atoms with Gasteiger partial charge in [0.25, 0.3) is 5.56 Å². The Kier molecular flexibility index (Phi) is 5.86. The van der Waals surface area contributed by atoms with E-state index in [2.05, 4.69) is 15.3 Å². The zero-order valence-electron chi connectivity index (χ0n) is 17.5. The van der Waals surface area contributed by atoms with E-state index in [1.54, 1.807) is 25.3 Å². The molecule has 31 heavy (non-hydrogen) atoms. The molecule has 7 heteroatoms. The maximum absolute atomic E-state index is 13.3. The highest BCUT2D eigenvalue weighted by atomic mass is 32.2. The van der Waals surface area contributed by atoms with Crippen molar-refractivity contribution in [1.29, 1.82) is 0 Å². The molecule has 2 heterocycles. The van der Waals surface area contributed by atoms with E-state index in [4.69, 9.17) is 0 Å². The smallest absolute Gasteiger partial charge is 0.267 e. The average Bonchev–Trinajstić information content (AvgIpc) is 2.75. The van der Waals surface area contributed by atoms with E-state index in [1.807, 2.05) is 62.4 Å². The zero-order valence-corrected chi connectivity index (χ0v) is 18.3. The number of benzene rings is 2. The molecule has 0 aliphatic heterocycles. The highest BCUT2D eigenvalue weighted by Gasteiger charge is 2.21.